The summed E-state index contributed by atoms with van der Waals surface area (Å²) in [4.78, 5) is 13.3. The minimum atomic E-state index is -2.53. The first-order valence-corrected chi connectivity index (χ1v) is 7.78. The number of carbonyl (C=O) groups excluding carboxylic acids is 1. The fraction of sp³-hybridized carbons (Fsp3) is 0.400. The number of alkyl halides is 2. The van der Waals surface area contributed by atoms with Gasteiger partial charge in [0, 0.05) is 17.1 Å². The molecule has 0 saturated carbocycles. The van der Waals surface area contributed by atoms with E-state index in [0.29, 0.717) is 23.6 Å². The number of hydrogen-bond donors (Lipinski definition) is 1. The summed E-state index contributed by atoms with van der Waals surface area (Å²) in [6.07, 6.45) is -2.22. The van der Waals surface area contributed by atoms with Crippen molar-refractivity contribution < 1.29 is 18.0 Å². The number of halogens is 3. The second kappa shape index (κ2) is 6.72. The molecule has 0 unspecified atom stereocenters. The highest BCUT2D eigenvalue weighted by Crippen LogP contribution is 2.25. The van der Waals surface area contributed by atoms with E-state index >= 15 is 0 Å². The van der Waals surface area contributed by atoms with Crippen LogP contribution in [-0.2, 0) is 4.79 Å². The van der Waals surface area contributed by atoms with Crippen LogP contribution in [0, 0.1) is 0 Å². The van der Waals surface area contributed by atoms with Crippen molar-refractivity contribution in [1.29, 1.82) is 0 Å². The van der Waals surface area contributed by atoms with Crippen molar-refractivity contribution >= 4 is 23.5 Å². The summed E-state index contributed by atoms with van der Waals surface area (Å²) in [7, 11) is 0. The highest BCUT2D eigenvalue weighted by atomic mass is 35.5. The van der Waals surface area contributed by atoms with Crippen LogP contribution in [-0.4, -0.2) is 46.1 Å². The summed E-state index contributed by atoms with van der Waals surface area (Å²) < 4.78 is 30.9. The minimum absolute atomic E-state index is 0.0509. The zero-order valence-electron chi connectivity index (χ0n) is 12.7. The lowest BCUT2D eigenvalue weighted by atomic mass is 10.0. The summed E-state index contributed by atoms with van der Waals surface area (Å²) >= 11 is 5.82. The Balaban J connectivity index is 1.64. The molecule has 9 heteroatoms. The van der Waals surface area contributed by atoms with Crippen molar-refractivity contribution in [1.82, 2.24) is 15.1 Å². The largest absolute Gasteiger partial charge is 0.403 e. The van der Waals surface area contributed by atoms with E-state index in [1.165, 1.54) is 4.90 Å². The molecule has 2 heterocycles. The Morgan fingerprint density at radius 3 is 2.67 bits per heavy atom. The molecule has 1 aliphatic heterocycles. The molecule has 1 fully saturated rings. The third-order valence-corrected chi connectivity index (χ3v) is 4.12. The van der Waals surface area contributed by atoms with Crippen LogP contribution in [0.4, 0.5) is 14.8 Å². The molecule has 1 aliphatic rings. The van der Waals surface area contributed by atoms with Crippen molar-refractivity contribution in [2.24, 2.45) is 0 Å². The van der Waals surface area contributed by atoms with E-state index < -0.39 is 24.4 Å². The van der Waals surface area contributed by atoms with E-state index in [1.54, 1.807) is 31.2 Å². The standard InChI is InChI=1S/C15H15ClF2N4O2/c1-8(14(23)22-7-6-11(22)12(17)18)19-15-21-20-13(24-15)9-2-4-10(16)5-3-9/h2-5,8,11-12H,6-7H2,1H3,(H,19,21)/t8-,11+/m1/s1. The zero-order valence-corrected chi connectivity index (χ0v) is 13.5. The van der Waals surface area contributed by atoms with Crippen molar-refractivity contribution in [3.8, 4) is 11.5 Å². The van der Waals surface area contributed by atoms with Crippen LogP contribution in [0.25, 0.3) is 11.5 Å². The highest BCUT2D eigenvalue weighted by Gasteiger charge is 2.40. The van der Waals surface area contributed by atoms with Crippen LogP contribution in [0.15, 0.2) is 28.7 Å². The zero-order chi connectivity index (χ0) is 17.3. The van der Waals surface area contributed by atoms with Gasteiger partial charge in [0.2, 0.25) is 11.8 Å². The van der Waals surface area contributed by atoms with Gasteiger partial charge >= 0.3 is 6.01 Å². The Morgan fingerprint density at radius 2 is 2.08 bits per heavy atom. The van der Waals surface area contributed by atoms with Gasteiger partial charge in [0.1, 0.15) is 6.04 Å². The normalized spacial score (nSPS) is 18.4. The molecule has 0 spiro atoms. The van der Waals surface area contributed by atoms with Gasteiger partial charge < -0.3 is 14.6 Å². The molecule has 1 saturated heterocycles. The first-order valence-electron chi connectivity index (χ1n) is 7.40. The van der Waals surface area contributed by atoms with E-state index in [9.17, 15) is 13.6 Å². The van der Waals surface area contributed by atoms with Crippen molar-refractivity contribution in [2.45, 2.75) is 31.9 Å². The Morgan fingerprint density at radius 1 is 1.38 bits per heavy atom. The summed E-state index contributed by atoms with van der Waals surface area (Å²) in [5, 5.41) is 11.0. The van der Waals surface area contributed by atoms with Gasteiger partial charge in [0.15, 0.2) is 0 Å². The number of nitrogens with one attached hydrogen (secondary N) is 1. The topological polar surface area (TPSA) is 71.3 Å². The van der Waals surface area contributed by atoms with Gasteiger partial charge in [-0.15, -0.1) is 5.10 Å². The molecule has 3 rings (SSSR count). The third kappa shape index (κ3) is 3.33. The SMILES string of the molecule is C[C@@H](Nc1nnc(-c2ccc(Cl)cc2)o1)C(=O)N1CC[C@H]1C(F)F. The number of rotatable bonds is 5. The van der Waals surface area contributed by atoms with E-state index in [2.05, 4.69) is 15.5 Å². The molecule has 0 aliphatic carbocycles. The van der Waals surface area contributed by atoms with Crippen molar-refractivity contribution in [2.75, 3.05) is 11.9 Å². The number of aromatic nitrogens is 2. The van der Waals surface area contributed by atoms with Crippen molar-refractivity contribution in [3.63, 3.8) is 0 Å². The Bertz CT molecular complexity index is 723. The van der Waals surface area contributed by atoms with Crippen LogP contribution < -0.4 is 5.32 Å². The average molecular weight is 357 g/mol. The molecular weight excluding hydrogens is 342 g/mol. The predicted octanol–water partition coefficient (Wildman–Crippen LogP) is 3.06. The molecule has 0 radical (unpaired) electrons. The van der Waals surface area contributed by atoms with E-state index in [4.69, 9.17) is 16.0 Å². The fourth-order valence-corrected chi connectivity index (χ4v) is 2.56. The first-order chi connectivity index (χ1) is 11.5. The van der Waals surface area contributed by atoms with Gasteiger partial charge in [-0.3, -0.25) is 4.79 Å². The second-order valence-electron chi connectivity index (χ2n) is 5.51. The summed E-state index contributed by atoms with van der Waals surface area (Å²) in [5.74, 6) is -0.152. The van der Waals surface area contributed by atoms with Crippen LogP contribution in [0.3, 0.4) is 0 Å². The lowest BCUT2D eigenvalue weighted by molar-refractivity contribution is -0.146. The highest BCUT2D eigenvalue weighted by molar-refractivity contribution is 6.30. The lowest BCUT2D eigenvalue weighted by Crippen LogP contribution is -2.58. The predicted molar refractivity (Wildman–Crippen MR) is 84.0 cm³/mol. The first kappa shape index (κ1) is 16.6. The molecular formula is C15H15ClF2N4O2. The minimum Gasteiger partial charge on any atom is -0.403 e. The van der Waals surface area contributed by atoms with Crippen LogP contribution in [0.1, 0.15) is 13.3 Å². The van der Waals surface area contributed by atoms with Gasteiger partial charge in [-0.25, -0.2) is 8.78 Å². The Kier molecular flexibility index (Phi) is 4.66. The quantitative estimate of drug-likeness (QED) is 0.891. The van der Waals surface area contributed by atoms with E-state index in [-0.39, 0.29) is 11.9 Å². The van der Waals surface area contributed by atoms with Crippen LogP contribution in [0.2, 0.25) is 5.02 Å². The Labute approximate surface area is 141 Å². The molecule has 1 N–H and O–H groups in total. The summed E-state index contributed by atoms with van der Waals surface area (Å²) in [6.45, 7) is 1.90. The molecule has 2 atom stereocenters. The van der Waals surface area contributed by atoms with E-state index in [1.807, 2.05) is 0 Å². The van der Waals surface area contributed by atoms with Gasteiger partial charge in [0.05, 0.1) is 6.04 Å². The molecule has 1 amide bonds. The molecule has 24 heavy (non-hydrogen) atoms. The maximum Gasteiger partial charge on any atom is 0.316 e. The maximum atomic E-state index is 12.7. The monoisotopic (exact) mass is 356 g/mol. The van der Waals surface area contributed by atoms with Gasteiger partial charge in [0.25, 0.3) is 6.43 Å². The second-order valence-corrected chi connectivity index (χ2v) is 5.94. The number of benzene rings is 1. The molecule has 1 aromatic heterocycles. The maximum absolute atomic E-state index is 12.7. The van der Waals surface area contributed by atoms with Crippen molar-refractivity contribution in [3.05, 3.63) is 29.3 Å². The molecule has 2 aromatic rings. The fourth-order valence-electron chi connectivity index (χ4n) is 2.43. The number of hydrogen-bond acceptors (Lipinski definition) is 5. The molecule has 128 valence electrons. The van der Waals surface area contributed by atoms with Crippen LogP contribution in [0.5, 0.6) is 0 Å². The molecule has 0 bridgehead atoms. The van der Waals surface area contributed by atoms with Gasteiger partial charge in [-0.1, -0.05) is 16.7 Å². The number of carbonyl (C=O) groups is 1. The molecule has 1 aromatic carbocycles. The Hall–Kier alpha value is -2.22. The lowest BCUT2D eigenvalue weighted by Gasteiger charge is -2.41. The van der Waals surface area contributed by atoms with Gasteiger partial charge in [-0.2, -0.15) is 0 Å². The summed E-state index contributed by atoms with van der Waals surface area (Å²) in [5.41, 5.74) is 0.680. The summed E-state index contributed by atoms with van der Waals surface area (Å²) in [6, 6.07) is 5.13. The number of likely N-dealkylation sites (tertiary alicyclic amines) is 1. The number of anilines is 1. The van der Waals surface area contributed by atoms with Crippen LogP contribution >= 0.6 is 11.6 Å². The average Bonchev–Trinajstić information content (AvgIpc) is 2.94. The molecule has 6 nitrogen and oxygen atoms in total. The smallest absolute Gasteiger partial charge is 0.316 e. The third-order valence-electron chi connectivity index (χ3n) is 3.87. The number of nitrogens with zero attached hydrogens (tertiary/aromatic N) is 3. The van der Waals surface area contributed by atoms with E-state index in [0.717, 1.165) is 0 Å². The van der Waals surface area contributed by atoms with Gasteiger partial charge in [-0.05, 0) is 37.6 Å². The number of amides is 1.